The van der Waals surface area contributed by atoms with Crippen LogP contribution in [-0.2, 0) is 4.79 Å². The monoisotopic (exact) mass is 309 g/mol. The second-order valence-electron chi connectivity index (χ2n) is 5.10. The lowest BCUT2D eigenvalue weighted by Gasteiger charge is -2.24. The molecule has 0 saturated heterocycles. The van der Waals surface area contributed by atoms with Gasteiger partial charge in [0.15, 0.2) is 6.10 Å². The summed E-state index contributed by atoms with van der Waals surface area (Å²) in [5.74, 6) is 3.29. The van der Waals surface area contributed by atoms with E-state index in [1.54, 1.807) is 32.0 Å². The van der Waals surface area contributed by atoms with Crippen molar-refractivity contribution < 1.29 is 14.3 Å². The van der Waals surface area contributed by atoms with Gasteiger partial charge in [-0.2, -0.15) is 0 Å². The molecule has 0 heterocycles. The molecule has 1 amide bonds. The Morgan fingerprint density at radius 3 is 2.57 bits per heavy atom. The van der Waals surface area contributed by atoms with Crippen LogP contribution >= 0.6 is 11.6 Å². The van der Waals surface area contributed by atoms with E-state index in [9.17, 15) is 4.79 Å². The third-order valence-electron chi connectivity index (χ3n) is 2.82. The van der Waals surface area contributed by atoms with Crippen molar-refractivity contribution in [1.82, 2.24) is 5.32 Å². The zero-order chi connectivity index (χ0) is 16.0. The molecule has 0 radical (unpaired) electrons. The summed E-state index contributed by atoms with van der Waals surface area (Å²) in [4.78, 5) is 12.2. The number of hydrogen-bond acceptors (Lipinski definition) is 3. The number of ether oxygens (including phenoxy) is 2. The van der Waals surface area contributed by atoms with Crippen LogP contribution in [0.1, 0.15) is 27.2 Å². The first-order chi connectivity index (χ1) is 9.81. The number of halogens is 1. The number of rotatable bonds is 6. The van der Waals surface area contributed by atoms with Crippen molar-refractivity contribution in [2.75, 3.05) is 7.11 Å². The molecule has 0 bridgehead atoms. The van der Waals surface area contributed by atoms with Gasteiger partial charge in [-0.25, -0.2) is 0 Å². The van der Waals surface area contributed by atoms with Gasteiger partial charge in [0.05, 0.1) is 12.6 Å². The molecule has 0 aliphatic rings. The molecule has 1 atom stereocenters. The third kappa shape index (κ3) is 5.20. The van der Waals surface area contributed by atoms with Crippen molar-refractivity contribution in [2.24, 2.45) is 0 Å². The fourth-order valence-corrected chi connectivity index (χ4v) is 1.85. The first-order valence-electron chi connectivity index (χ1n) is 6.62. The maximum absolute atomic E-state index is 12.2. The molecule has 1 aromatic rings. The Balaban J connectivity index is 2.85. The number of carbonyl (C=O) groups excluding carboxylic acids is 1. The summed E-state index contributed by atoms with van der Waals surface area (Å²) < 4.78 is 10.8. The van der Waals surface area contributed by atoms with E-state index >= 15 is 0 Å². The Hall–Kier alpha value is -1.86. The predicted octanol–water partition coefficient (Wildman–Crippen LogP) is 3.03. The molecule has 5 heteroatoms. The molecule has 1 aromatic carbocycles. The van der Waals surface area contributed by atoms with Crippen LogP contribution in [0.4, 0.5) is 0 Å². The molecule has 21 heavy (non-hydrogen) atoms. The SMILES string of the molecule is C#CC(C)(C)NC(=O)C(CC)Oc1cc(Cl)cc(OC)c1. The first kappa shape index (κ1) is 17.2. The Morgan fingerprint density at radius 1 is 1.43 bits per heavy atom. The maximum atomic E-state index is 12.2. The van der Waals surface area contributed by atoms with Crippen molar-refractivity contribution in [1.29, 1.82) is 0 Å². The summed E-state index contributed by atoms with van der Waals surface area (Å²) >= 11 is 5.98. The zero-order valence-corrected chi connectivity index (χ0v) is 13.5. The van der Waals surface area contributed by atoms with Crippen LogP contribution in [0.2, 0.25) is 5.02 Å². The number of benzene rings is 1. The van der Waals surface area contributed by atoms with Gasteiger partial charge < -0.3 is 14.8 Å². The Bertz CT molecular complexity index is 549. The lowest BCUT2D eigenvalue weighted by molar-refractivity contribution is -0.129. The quantitative estimate of drug-likeness (QED) is 0.822. The molecule has 0 fully saturated rings. The number of amides is 1. The van der Waals surface area contributed by atoms with Gasteiger partial charge in [-0.15, -0.1) is 6.42 Å². The zero-order valence-electron chi connectivity index (χ0n) is 12.7. The predicted molar refractivity (Wildman–Crippen MR) is 83.8 cm³/mol. The van der Waals surface area contributed by atoms with Crippen LogP contribution in [0.15, 0.2) is 18.2 Å². The first-order valence-corrected chi connectivity index (χ1v) is 7.00. The van der Waals surface area contributed by atoms with Crippen LogP contribution in [0.5, 0.6) is 11.5 Å². The smallest absolute Gasteiger partial charge is 0.262 e. The highest BCUT2D eigenvalue weighted by Crippen LogP contribution is 2.27. The molecule has 4 nitrogen and oxygen atoms in total. The van der Waals surface area contributed by atoms with E-state index in [4.69, 9.17) is 27.5 Å². The molecule has 0 aromatic heterocycles. The molecule has 0 aliphatic carbocycles. The van der Waals surface area contributed by atoms with Gasteiger partial charge in [0.25, 0.3) is 5.91 Å². The Labute approximate surface area is 130 Å². The molecular weight excluding hydrogens is 290 g/mol. The fraction of sp³-hybridized carbons (Fsp3) is 0.438. The van der Waals surface area contributed by atoms with E-state index in [-0.39, 0.29) is 5.91 Å². The number of nitrogens with one attached hydrogen (secondary N) is 1. The molecule has 1 unspecified atom stereocenters. The lowest BCUT2D eigenvalue weighted by Crippen LogP contribution is -2.48. The highest BCUT2D eigenvalue weighted by molar-refractivity contribution is 6.30. The second-order valence-corrected chi connectivity index (χ2v) is 5.54. The van der Waals surface area contributed by atoms with Gasteiger partial charge in [0.1, 0.15) is 11.5 Å². The minimum absolute atomic E-state index is 0.264. The molecule has 0 aliphatic heterocycles. The van der Waals surface area contributed by atoms with Crippen molar-refractivity contribution in [3.8, 4) is 23.8 Å². The van der Waals surface area contributed by atoms with Gasteiger partial charge in [0, 0.05) is 11.1 Å². The number of methoxy groups -OCH3 is 1. The van der Waals surface area contributed by atoms with E-state index in [2.05, 4.69) is 11.2 Å². The van der Waals surface area contributed by atoms with E-state index < -0.39 is 11.6 Å². The fourth-order valence-electron chi connectivity index (χ4n) is 1.63. The Morgan fingerprint density at radius 2 is 2.05 bits per heavy atom. The summed E-state index contributed by atoms with van der Waals surface area (Å²) in [5.41, 5.74) is -0.722. The van der Waals surface area contributed by atoms with E-state index in [0.717, 1.165) is 0 Å². The standard InChI is InChI=1S/C16H20ClNO3/c1-6-14(15(19)18-16(3,4)7-2)21-13-9-11(17)8-12(10-13)20-5/h2,8-10,14H,6H2,1,3-5H3,(H,18,19). The number of carbonyl (C=O) groups is 1. The second kappa shape index (κ2) is 7.24. The van der Waals surface area contributed by atoms with Gasteiger partial charge in [-0.3, -0.25) is 4.79 Å². The molecule has 0 spiro atoms. The maximum Gasteiger partial charge on any atom is 0.262 e. The largest absolute Gasteiger partial charge is 0.497 e. The summed E-state index contributed by atoms with van der Waals surface area (Å²) in [5, 5.41) is 3.23. The van der Waals surface area contributed by atoms with Crippen LogP contribution in [0.25, 0.3) is 0 Å². The summed E-state index contributed by atoms with van der Waals surface area (Å²) in [6.07, 6.45) is 5.22. The van der Waals surface area contributed by atoms with Crippen LogP contribution in [0.3, 0.4) is 0 Å². The van der Waals surface area contributed by atoms with Gasteiger partial charge in [0.2, 0.25) is 0 Å². The van der Waals surface area contributed by atoms with Crippen LogP contribution in [0, 0.1) is 12.3 Å². The Kier molecular flexibility index (Phi) is 5.92. The van der Waals surface area contributed by atoms with Gasteiger partial charge in [-0.1, -0.05) is 24.4 Å². The molecule has 0 saturated carbocycles. The van der Waals surface area contributed by atoms with Crippen molar-refractivity contribution in [3.63, 3.8) is 0 Å². The van der Waals surface area contributed by atoms with Crippen LogP contribution in [-0.4, -0.2) is 24.7 Å². The highest BCUT2D eigenvalue weighted by Gasteiger charge is 2.24. The molecule has 1 N–H and O–H groups in total. The van der Waals surface area contributed by atoms with Gasteiger partial charge >= 0.3 is 0 Å². The molecule has 1 rings (SSSR count). The average molecular weight is 310 g/mol. The van der Waals surface area contributed by atoms with Crippen molar-refractivity contribution >= 4 is 17.5 Å². The number of terminal acetylenes is 1. The highest BCUT2D eigenvalue weighted by atomic mass is 35.5. The molecule has 114 valence electrons. The summed E-state index contributed by atoms with van der Waals surface area (Å²) in [6, 6.07) is 4.97. The van der Waals surface area contributed by atoms with E-state index in [1.807, 2.05) is 6.92 Å². The van der Waals surface area contributed by atoms with E-state index in [0.29, 0.717) is 22.9 Å². The van der Waals surface area contributed by atoms with Crippen LogP contribution < -0.4 is 14.8 Å². The topological polar surface area (TPSA) is 47.6 Å². The van der Waals surface area contributed by atoms with E-state index in [1.165, 1.54) is 7.11 Å². The van der Waals surface area contributed by atoms with Crippen molar-refractivity contribution in [2.45, 2.75) is 38.8 Å². The normalized spacial score (nSPS) is 12.2. The minimum Gasteiger partial charge on any atom is -0.497 e. The molecular formula is C16H20ClNO3. The number of hydrogen-bond donors (Lipinski definition) is 1. The summed E-state index contributed by atoms with van der Waals surface area (Å²) in [6.45, 7) is 5.36. The third-order valence-corrected chi connectivity index (χ3v) is 3.04. The van der Waals surface area contributed by atoms with Gasteiger partial charge in [-0.05, 0) is 32.4 Å². The average Bonchev–Trinajstić information content (AvgIpc) is 2.43. The van der Waals surface area contributed by atoms with Crippen molar-refractivity contribution in [3.05, 3.63) is 23.2 Å². The lowest BCUT2D eigenvalue weighted by atomic mass is 10.1. The minimum atomic E-state index is -0.722. The summed E-state index contributed by atoms with van der Waals surface area (Å²) in [7, 11) is 1.54.